The molecule has 2 fully saturated rings. The van der Waals surface area contributed by atoms with Crippen LogP contribution in [0.2, 0.25) is 0 Å². The third-order valence-electron chi connectivity index (χ3n) is 4.76. The van der Waals surface area contributed by atoms with Gasteiger partial charge in [-0.1, -0.05) is 30.3 Å². The number of benzene rings is 1. The summed E-state index contributed by atoms with van der Waals surface area (Å²) in [5.41, 5.74) is -0.282. The summed E-state index contributed by atoms with van der Waals surface area (Å²) in [6.07, 6.45) is 0.812. The quantitative estimate of drug-likeness (QED) is 0.881. The molecule has 1 atom stereocenters. The van der Waals surface area contributed by atoms with Gasteiger partial charge in [-0.15, -0.1) is 0 Å². The molecule has 130 valence electrons. The molecule has 3 rings (SSSR count). The summed E-state index contributed by atoms with van der Waals surface area (Å²) in [4.78, 5) is 26.1. The van der Waals surface area contributed by atoms with E-state index in [-0.39, 0.29) is 19.7 Å². The lowest BCUT2D eigenvalue weighted by molar-refractivity contribution is -0.139. The number of ether oxygens (including phenoxy) is 1. The van der Waals surface area contributed by atoms with Crippen LogP contribution in [0.25, 0.3) is 0 Å². The minimum Gasteiger partial charge on any atom is -0.465 e. The van der Waals surface area contributed by atoms with Gasteiger partial charge in [0.25, 0.3) is 0 Å². The minimum absolute atomic E-state index is 0.106. The van der Waals surface area contributed by atoms with Crippen LogP contribution in [0.3, 0.4) is 0 Å². The van der Waals surface area contributed by atoms with Gasteiger partial charge in [0.2, 0.25) is 0 Å². The van der Waals surface area contributed by atoms with Crippen LogP contribution in [0.1, 0.15) is 24.8 Å². The normalized spacial score (nSPS) is 22.6. The SMILES string of the molecule is O=C(OCc1ccccc1)N1CC(O)([C@H]2CCCCN2C(=O)O)C1. The average molecular weight is 334 g/mol. The first-order valence-electron chi connectivity index (χ1n) is 8.17. The van der Waals surface area contributed by atoms with E-state index in [2.05, 4.69) is 0 Å². The second kappa shape index (κ2) is 6.68. The Kier molecular flexibility index (Phi) is 4.62. The van der Waals surface area contributed by atoms with Gasteiger partial charge in [-0.2, -0.15) is 0 Å². The molecule has 2 aliphatic heterocycles. The zero-order valence-electron chi connectivity index (χ0n) is 13.4. The van der Waals surface area contributed by atoms with Crippen molar-refractivity contribution in [2.75, 3.05) is 19.6 Å². The zero-order chi connectivity index (χ0) is 17.2. The number of carboxylic acid groups (broad SMARTS) is 1. The highest BCUT2D eigenvalue weighted by atomic mass is 16.6. The highest BCUT2D eigenvalue weighted by Crippen LogP contribution is 2.33. The van der Waals surface area contributed by atoms with Crippen LogP contribution in [0.4, 0.5) is 9.59 Å². The van der Waals surface area contributed by atoms with Crippen LogP contribution in [0.5, 0.6) is 0 Å². The standard InChI is InChI=1S/C17H22N2O5/c20-15(21)19-9-5-4-8-14(19)17(23)11-18(12-17)16(22)24-10-13-6-2-1-3-7-13/h1-3,6-7,14,23H,4-5,8-12H2,(H,20,21)/t14-/m1/s1. The monoisotopic (exact) mass is 334 g/mol. The average Bonchev–Trinajstić information content (AvgIpc) is 2.57. The van der Waals surface area contributed by atoms with Crippen LogP contribution in [0.15, 0.2) is 30.3 Å². The first-order chi connectivity index (χ1) is 11.5. The van der Waals surface area contributed by atoms with Gasteiger partial charge in [-0.05, 0) is 24.8 Å². The van der Waals surface area contributed by atoms with Crippen molar-refractivity contribution >= 4 is 12.2 Å². The number of likely N-dealkylation sites (tertiary alicyclic amines) is 2. The second-order valence-electron chi connectivity index (χ2n) is 6.49. The number of piperidine rings is 1. The van der Waals surface area contributed by atoms with Crippen molar-refractivity contribution in [1.82, 2.24) is 9.80 Å². The van der Waals surface area contributed by atoms with Gasteiger partial charge in [0.05, 0.1) is 19.1 Å². The fraction of sp³-hybridized carbons (Fsp3) is 0.529. The molecule has 0 bridgehead atoms. The predicted octanol–water partition coefficient (Wildman–Crippen LogP) is 1.90. The topological polar surface area (TPSA) is 90.3 Å². The Morgan fingerprint density at radius 2 is 1.92 bits per heavy atom. The van der Waals surface area contributed by atoms with E-state index in [0.717, 1.165) is 18.4 Å². The largest absolute Gasteiger partial charge is 0.465 e. The summed E-state index contributed by atoms with van der Waals surface area (Å²) in [6.45, 7) is 0.824. The number of rotatable bonds is 3. The van der Waals surface area contributed by atoms with Gasteiger partial charge in [-0.3, -0.25) is 0 Å². The first kappa shape index (κ1) is 16.6. The van der Waals surface area contributed by atoms with Crippen LogP contribution in [0, 0.1) is 0 Å². The number of amides is 2. The molecule has 2 aliphatic rings. The lowest BCUT2D eigenvalue weighted by Crippen LogP contribution is -2.72. The van der Waals surface area contributed by atoms with E-state index in [4.69, 9.17) is 4.74 Å². The molecular formula is C17H22N2O5. The van der Waals surface area contributed by atoms with E-state index in [1.807, 2.05) is 30.3 Å². The van der Waals surface area contributed by atoms with Gasteiger partial charge >= 0.3 is 12.2 Å². The van der Waals surface area contributed by atoms with Crippen LogP contribution < -0.4 is 0 Å². The van der Waals surface area contributed by atoms with Crippen molar-refractivity contribution in [3.05, 3.63) is 35.9 Å². The fourth-order valence-corrected chi connectivity index (χ4v) is 3.48. The molecule has 2 N–H and O–H groups in total. The summed E-state index contributed by atoms with van der Waals surface area (Å²) < 4.78 is 5.23. The molecule has 24 heavy (non-hydrogen) atoms. The van der Waals surface area contributed by atoms with Crippen LogP contribution in [-0.2, 0) is 11.3 Å². The van der Waals surface area contributed by atoms with Gasteiger partial charge < -0.3 is 24.7 Å². The molecule has 1 aromatic carbocycles. The molecule has 0 aromatic heterocycles. The fourth-order valence-electron chi connectivity index (χ4n) is 3.48. The Hall–Kier alpha value is -2.28. The molecule has 2 saturated heterocycles. The van der Waals surface area contributed by atoms with Crippen molar-refractivity contribution in [1.29, 1.82) is 0 Å². The molecule has 0 aliphatic carbocycles. The van der Waals surface area contributed by atoms with E-state index in [1.54, 1.807) is 0 Å². The Bertz CT molecular complexity index is 600. The molecule has 7 heteroatoms. The molecule has 2 amide bonds. The first-order valence-corrected chi connectivity index (χ1v) is 8.17. The summed E-state index contributed by atoms with van der Waals surface area (Å²) in [5, 5.41) is 20.0. The zero-order valence-corrected chi connectivity index (χ0v) is 13.4. The molecule has 2 heterocycles. The van der Waals surface area contributed by atoms with E-state index in [0.29, 0.717) is 13.0 Å². The molecule has 0 saturated carbocycles. The Balaban J connectivity index is 1.53. The summed E-state index contributed by atoms with van der Waals surface area (Å²) in [5.74, 6) is 0. The third-order valence-corrected chi connectivity index (χ3v) is 4.76. The maximum absolute atomic E-state index is 12.0. The number of hydrogen-bond acceptors (Lipinski definition) is 4. The molecule has 0 spiro atoms. The number of aliphatic hydroxyl groups is 1. The smallest absolute Gasteiger partial charge is 0.410 e. The maximum atomic E-state index is 12.0. The number of nitrogens with zero attached hydrogens (tertiary/aromatic N) is 2. The number of β-amino-alcohol motifs (C(OH)–C–C–N with tert-alkyl or cyclic N) is 1. The lowest BCUT2D eigenvalue weighted by atomic mass is 9.81. The molecule has 7 nitrogen and oxygen atoms in total. The summed E-state index contributed by atoms with van der Waals surface area (Å²) in [6, 6.07) is 8.91. The van der Waals surface area contributed by atoms with E-state index >= 15 is 0 Å². The van der Waals surface area contributed by atoms with Crippen molar-refractivity contribution in [2.24, 2.45) is 0 Å². The van der Waals surface area contributed by atoms with Crippen molar-refractivity contribution < 1.29 is 24.5 Å². The van der Waals surface area contributed by atoms with Gasteiger partial charge in [0, 0.05) is 6.54 Å². The Labute approximate surface area is 140 Å². The predicted molar refractivity (Wildman–Crippen MR) is 85.5 cm³/mol. The summed E-state index contributed by atoms with van der Waals surface area (Å²) in [7, 11) is 0. The Morgan fingerprint density at radius 3 is 2.58 bits per heavy atom. The third kappa shape index (κ3) is 3.31. The molecule has 0 unspecified atom stereocenters. The van der Waals surface area contributed by atoms with Crippen molar-refractivity contribution in [2.45, 2.75) is 37.5 Å². The Morgan fingerprint density at radius 1 is 1.21 bits per heavy atom. The molecular weight excluding hydrogens is 312 g/mol. The van der Waals surface area contributed by atoms with Crippen LogP contribution >= 0.6 is 0 Å². The number of hydrogen-bond donors (Lipinski definition) is 2. The van der Waals surface area contributed by atoms with E-state index in [9.17, 15) is 19.8 Å². The van der Waals surface area contributed by atoms with E-state index < -0.39 is 23.8 Å². The summed E-state index contributed by atoms with van der Waals surface area (Å²) >= 11 is 0. The minimum atomic E-state index is -1.18. The van der Waals surface area contributed by atoms with E-state index in [1.165, 1.54) is 9.80 Å². The van der Waals surface area contributed by atoms with Gasteiger partial charge in [0.15, 0.2) is 0 Å². The highest BCUT2D eigenvalue weighted by Gasteiger charge is 2.53. The molecule has 0 radical (unpaired) electrons. The van der Waals surface area contributed by atoms with Crippen LogP contribution in [-0.4, -0.2) is 63.5 Å². The lowest BCUT2D eigenvalue weighted by Gasteiger charge is -2.53. The number of carbonyl (C=O) groups excluding carboxylic acids is 1. The number of carbonyl (C=O) groups is 2. The van der Waals surface area contributed by atoms with Crippen molar-refractivity contribution in [3.63, 3.8) is 0 Å². The van der Waals surface area contributed by atoms with Gasteiger partial charge in [-0.25, -0.2) is 9.59 Å². The highest BCUT2D eigenvalue weighted by molar-refractivity contribution is 5.70. The second-order valence-corrected chi connectivity index (χ2v) is 6.49. The van der Waals surface area contributed by atoms with Crippen molar-refractivity contribution in [3.8, 4) is 0 Å². The maximum Gasteiger partial charge on any atom is 0.410 e. The molecule has 1 aromatic rings. The van der Waals surface area contributed by atoms with Gasteiger partial charge in [0.1, 0.15) is 12.2 Å².